The predicted molar refractivity (Wildman–Crippen MR) is 130 cm³/mol. The number of rotatable bonds is 6. The Labute approximate surface area is 208 Å². The van der Waals surface area contributed by atoms with Gasteiger partial charge in [0.15, 0.2) is 17.3 Å². The van der Waals surface area contributed by atoms with E-state index >= 15 is 0 Å². The summed E-state index contributed by atoms with van der Waals surface area (Å²) in [4.78, 5) is 25.8. The van der Waals surface area contributed by atoms with Crippen molar-refractivity contribution in [1.29, 1.82) is 0 Å². The molecule has 5 rings (SSSR count). The first-order chi connectivity index (χ1) is 17.4. The van der Waals surface area contributed by atoms with Crippen molar-refractivity contribution in [1.82, 2.24) is 9.78 Å². The normalized spacial score (nSPS) is 17.5. The fourth-order valence-corrected chi connectivity index (χ4v) is 4.73. The molecule has 3 heterocycles. The number of ketones is 1. The van der Waals surface area contributed by atoms with E-state index in [0.717, 1.165) is 5.69 Å². The topological polar surface area (TPSA) is 98.1 Å². The number of allylic oxidation sites excluding steroid dienone is 1. The third-order valence-electron chi connectivity index (χ3n) is 6.31. The molecule has 1 aromatic heterocycles. The largest absolute Gasteiger partial charge is 0.493 e. The second-order valence-electron chi connectivity index (χ2n) is 8.78. The number of benzene rings is 2. The lowest BCUT2D eigenvalue weighted by molar-refractivity contribution is -0.135. The van der Waals surface area contributed by atoms with Crippen LogP contribution in [0.1, 0.15) is 59.4 Å². The van der Waals surface area contributed by atoms with E-state index in [2.05, 4.69) is 5.10 Å². The van der Waals surface area contributed by atoms with Crippen LogP contribution in [-0.2, 0) is 4.79 Å². The van der Waals surface area contributed by atoms with Crippen LogP contribution in [0, 0.1) is 0 Å². The number of carbonyl (C=O) groups is 2. The molecule has 9 heteroatoms. The summed E-state index contributed by atoms with van der Waals surface area (Å²) in [6.07, 6.45) is 3.45. The van der Waals surface area contributed by atoms with E-state index in [1.807, 2.05) is 24.6 Å². The van der Waals surface area contributed by atoms with Gasteiger partial charge >= 0.3 is 5.97 Å². The lowest BCUT2D eigenvalue weighted by Crippen LogP contribution is -2.24. The highest BCUT2D eigenvalue weighted by molar-refractivity contribution is 6.15. The van der Waals surface area contributed by atoms with Gasteiger partial charge in [-0.1, -0.05) is 0 Å². The van der Waals surface area contributed by atoms with Crippen molar-refractivity contribution in [2.24, 2.45) is 0 Å². The molecule has 3 aromatic rings. The van der Waals surface area contributed by atoms with E-state index in [9.17, 15) is 9.59 Å². The molecule has 1 atom stereocenters. The van der Waals surface area contributed by atoms with E-state index < -0.39 is 0 Å². The van der Waals surface area contributed by atoms with Gasteiger partial charge in [0.05, 0.1) is 33.3 Å². The molecule has 0 bridgehead atoms. The number of hydrogen-bond acceptors (Lipinski definition) is 8. The highest BCUT2D eigenvalue weighted by atomic mass is 16.5. The maximum Gasteiger partial charge on any atom is 0.312 e. The lowest BCUT2D eigenvalue weighted by atomic mass is 9.87. The SMILES string of the molecule is COc1cc(/C=C2\Oc3c(ccc4c3[C@H](c3ccnn3C(C)C)CC(=O)O4)C2=O)cc(OC)c1OC. The first kappa shape index (κ1) is 23.5. The summed E-state index contributed by atoms with van der Waals surface area (Å²) in [5, 5.41) is 4.43. The van der Waals surface area contributed by atoms with Gasteiger partial charge in [-0.25, -0.2) is 0 Å². The Hall–Kier alpha value is -4.27. The first-order valence-corrected chi connectivity index (χ1v) is 11.5. The number of carbonyl (C=O) groups excluding carboxylic acids is 2. The Bertz CT molecular complexity index is 1380. The van der Waals surface area contributed by atoms with Gasteiger partial charge in [0, 0.05) is 29.4 Å². The predicted octanol–water partition coefficient (Wildman–Crippen LogP) is 4.55. The number of nitrogens with zero attached hydrogens (tertiary/aromatic N) is 2. The van der Waals surface area contributed by atoms with Crippen LogP contribution in [0.3, 0.4) is 0 Å². The Balaban J connectivity index is 1.60. The quantitative estimate of drug-likeness (QED) is 0.282. The van der Waals surface area contributed by atoms with Gasteiger partial charge in [0.2, 0.25) is 11.5 Å². The van der Waals surface area contributed by atoms with Crippen LogP contribution in [0.2, 0.25) is 0 Å². The molecular formula is C27H26N2O7. The summed E-state index contributed by atoms with van der Waals surface area (Å²) < 4.78 is 29.8. The van der Waals surface area contributed by atoms with E-state index in [-0.39, 0.29) is 35.9 Å². The molecule has 9 nitrogen and oxygen atoms in total. The van der Waals surface area contributed by atoms with Crippen LogP contribution in [0.15, 0.2) is 42.3 Å². The zero-order valence-electron chi connectivity index (χ0n) is 20.7. The summed E-state index contributed by atoms with van der Waals surface area (Å²) in [6.45, 7) is 4.04. The molecule has 0 unspecified atom stereocenters. The second kappa shape index (κ2) is 9.07. The molecule has 2 aliphatic rings. The molecule has 0 spiro atoms. The van der Waals surface area contributed by atoms with Crippen LogP contribution >= 0.6 is 0 Å². The van der Waals surface area contributed by atoms with Gasteiger partial charge in [-0.3, -0.25) is 14.3 Å². The Morgan fingerprint density at radius 1 is 1.03 bits per heavy atom. The van der Waals surface area contributed by atoms with Crippen molar-refractivity contribution >= 4 is 17.8 Å². The standard InChI is InChI=1S/C27H26N2O7/c1-14(2)29-18(8-9-28-29)17-13-23(30)35-19-7-6-16-25(31)20(36-26(16)24(17)19)10-15-11-21(32-3)27(34-5)22(12-15)33-4/h6-12,14,17H,13H2,1-5H3/b20-10-/t17-/m0/s1. The maximum absolute atomic E-state index is 13.3. The summed E-state index contributed by atoms with van der Waals surface area (Å²) in [5.41, 5.74) is 2.56. The molecule has 0 N–H and O–H groups in total. The first-order valence-electron chi connectivity index (χ1n) is 11.5. The average molecular weight is 491 g/mol. The van der Waals surface area contributed by atoms with E-state index in [4.69, 9.17) is 23.7 Å². The third-order valence-corrected chi connectivity index (χ3v) is 6.31. The molecule has 0 aliphatic carbocycles. The highest BCUT2D eigenvalue weighted by Crippen LogP contribution is 2.49. The Kier molecular flexibility index (Phi) is 5.91. The second-order valence-corrected chi connectivity index (χ2v) is 8.78. The van der Waals surface area contributed by atoms with Gasteiger partial charge in [-0.05, 0) is 55.8 Å². The molecule has 2 aromatic carbocycles. The molecule has 186 valence electrons. The molecule has 0 radical (unpaired) electrons. The minimum absolute atomic E-state index is 0.0891. The number of aromatic nitrogens is 2. The molecule has 0 saturated heterocycles. The number of ether oxygens (including phenoxy) is 5. The lowest BCUT2D eigenvalue weighted by Gasteiger charge is -2.27. The van der Waals surface area contributed by atoms with Crippen LogP contribution in [0.4, 0.5) is 0 Å². The van der Waals surface area contributed by atoms with Gasteiger partial charge in [-0.2, -0.15) is 5.10 Å². The van der Waals surface area contributed by atoms with Crippen molar-refractivity contribution in [3.8, 4) is 28.7 Å². The maximum atomic E-state index is 13.3. The average Bonchev–Trinajstić information content (AvgIpc) is 3.48. The van der Waals surface area contributed by atoms with E-state index in [0.29, 0.717) is 45.4 Å². The van der Waals surface area contributed by atoms with Crippen molar-refractivity contribution in [3.63, 3.8) is 0 Å². The van der Waals surface area contributed by atoms with E-state index in [1.54, 1.807) is 36.5 Å². The minimum atomic E-state index is -0.366. The molecule has 2 aliphatic heterocycles. The third kappa shape index (κ3) is 3.77. The summed E-state index contributed by atoms with van der Waals surface area (Å²) >= 11 is 0. The van der Waals surface area contributed by atoms with Crippen molar-refractivity contribution in [2.45, 2.75) is 32.2 Å². The van der Waals surface area contributed by atoms with Gasteiger partial charge in [0.1, 0.15) is 11.5 Å². The number of fused-ring (bicyclic) bond motifs is 3. The smallest absolute Gasteiger partial charge is 0.312 e. The Morgan fingerprint density at radius 2 is 1.75 bits per heavy atom. The summed E-state index contributed by atoms with van der Waals surface area (Å²) in [7, 11) is 4.57. The monoisotopic (exact) mass is 490 g/mol. The van der Waals surface area contributed by atoms with E-state index in [1.165, 1.54) is 21.3 Å². The molecule has 0 saturated carbocycles. The Morgan fingerprint density at radius 3 is 2.39 bits per heavy atom. The molecule has 0 fully saturated rings. The number of Topliss-reactive ketones (excluding diaryl/α,β-unsaturated/α-hetero) is 1. The van der Waals surface area contributed by atoms with Crippen LogP contribution < -0.4 is 23.7 Å². The van der Waals surface area contributed by atoms with Crippen molar-refractivity contribution in [2.75, 3.05) is 21.3 Å². The minimum Gasteiger partial charge on any atom is -0.493 e. The highest BCUT2D eigenvalue weighted by Gasteiger charge is 2.39. The van der Waals surface area contributed by atoms with Gasteiger partial charge in [-0.15, -0.1) is 0 Å². The zero-order chi connectivity index (χ0) is 25.6. The van der Waals surface area contributed by atoms with Crippen LogP contribution in [-0.4, -0.2) is 42.9 Å². The van der Waals surface area contributed by atoms with Crippen LogP contribution in [0.5, 0.6) is 28.7 Å². The van der Waals surface area contributed by atoms with Gasteiger partial charge in [0.25, 0.3) is 0 Å². The van der Waals surface area contributed by atoms with Crippen LogP contribution in [0.25, 0.3) is 6.08 Å². The molecule has 0 amide bonds. The molecular weight excluding hydrogens is 464 g/mol. The number of hydrogen-bond donors (Lipinski definition) is 0. The number of methoxy groups -OCH3 is 3. The fraction of sp³-hybridized carbons (Fsp3) is 0.296. The molecule has 36 heavy (non-hydrogen) atoms. The summed E-state index contributed by atoms with van der Waals surface area (Å²) in [6, 6.07) is 8.71. The van der Waals surface area contributed by atoms with Gasteiger partial charge < -0.3 is 23.7 Å². The zero-order valence-corrected chi connectivity index (χ0v) is 20.7. The van der Waals surface area contributed by atoms with Crippen molar-refractivity contribution in [3.05, 3.63) is 64.7 Å². The van der Waals surface area contributed by atoms with Crippen molar-refractivity contribution < 1.29 is 33.3 Å². The summed E-state index contributed by atoms with van der Waals surface area (Å²) in [5.74, 6) is 1.30. The number of esters is 1. The fourth-order valence-electron chi connectivity index (χ4n) is 4.73.